The number of aliphatic hydroxyl groups is 1. The molecule has 1 aromatic rings. The SMILES string of the molecule is CCCc1ccc(C(O)CCC)cc1. The number of aryl methyl sites for hydroxylation is 1. The third-order valence-electron chi connectivity index (χ3n) is 2.47. The zero-order chi connectivity index (χ0) is 10.4. The molecule has 1 heteroatoms. The first-order chi connectivity index (χ1) is 6.77. The van der Waals surface area contributed by atoms with Gasteiger partial charge >= 0.3 is 0 Å². The Morgan fingerprint density at radius 1 is 1.07 bits per heavy atom. The van der Waals surface area contributed by atoms with E-state index in [1.54, 1.807) is 0 Å². The van der Waals surface area contributed by atoms with Crippen LogP contribution in [0.5, 0.6) is 0 Å². The predicted molar refractivity (Wildman–Crippen MR) is 60.3 cm³/mol. The van der Waals surface area contributed by atoms with Crippen molar-refractivity contribution in [1.82, 2.24) is 0 Å². The summed E-state index contributed by atoms with van der Waals surface area (Å²) in [5, 5.41) is 9.74. The van der Waals surface area contributed by atoms with Gasteiger partial charge in [0.25, 0.3) is 0 Å². The topological polar surface area (TPSA) is 20.2 Å². The van der Waals surface area contributed by atoms with E-state index in [2.05, 4.69) is 26.0 Å². The van der Waals surface area contributed by atoms with Crippen molar-refractivity contribution in [2.75, 3.05) is 0 Å². The number of benzene rings is 1. The van der Waals surface area contributed by atoms with Crippen LogP contribution < -0.4 is 0 Å². The first kappa shape index (κ1) is 11.3. The molecule has 0 aromatic heterocycles. The smallest absolute Gasteiger partial charge is 0.0790 e. The van der Waals surface area contributed by atoms with E-state index in [9.17, 15) is 5.11 Å². The Kier molecular flexibility index (Phi) is 4.68. The van der Waals surface area contributed by atoms with E-state index in [-0.39, 0.29) is 6.10 Å². The predicted octanol–water partition coefficient (Wildman–Crippen LogP) is 3.47. The molecule has 0 radical (unpaired) electrons. The molecule has 0 saturated heterocycles. The zero-order valence-corrected chi connectivity index (χ0v) is 9.16. The van der Waals surface area contributed by atoms with Crippen LogP contribution in [0.25, 0.3) is 0 Å². The van der Waals surface area contributed by atoms with Crippen LogP contribution in [0.4, 0.5) is 0 Å². The Balaban J connectivity index is 2.62. The third-order valence-corrected chi connectivity index (χ3v) is 2.47. The number of hydrogen-bond acceptors (Lipinski definition) is 1. The average molecular weight is 192 g/mol. The van der Waals surface area contributed by atoms with Gasteiger partial charge in [0, 0.05) is 0 Å². The lowest BCUT2D eigenvalue weighted by atomic mass is 10.0. The van der Waals surface area contributed by atoms with Crippen LogP contribution in [-0.2, 0) is 6.42 Å². The number of aliphatic hydroxyl groups excluding tert-OH is 1. The van der Waals surface area contributed by atoms with E-state index in [4.69, 9.17) is 0 Å². The van der Waals surface area contributed by atoms with Crippen molar-refractivity contribution in [3.63, 3.8) is 0 Å². The zero-order valence-electron chi connectivity index (χ0n) is 9.16. The normalized spacial score (nSPS) is 12.8. The number of hydrogen-bond donors (Lipinski definition) is 1. The molecule has 14 heavy (non-hydrogen) atoms. The molecule has 0 heterocycles. The maximum absolute atomic E-state index is 9.74. The highest BCUT2D eigenvalue weighted by Gasteiger charge is 2.04. The van der Waals surface area contributed by atoms with Gasteiger partial charge < -0.3 is 5.11 Å². The monoisotopic (exact) mass is 192 g/mol. The van der Waals surface area contributed by atoms with E-state index in [0.29, 0.717) is 0 Å². The summed E-state index contributed by atoms with van der Waals surface area (Å²) in [6.07, 6.45) is 3.90. The van der Waals surface area contributed by atoms with Crippen LogP contribution in [0.3, 0.4) is 0 Å². The van der Waals surface area contributed by atoms with Gasteiger partial charge in [-0.3, -0.25) is 0 Å². The van der Waals surface area contributed by atoms with Gasteiger partial charge in [0.05, 0.1) is 6.10 Å². The Bertz CT molecular complexity index is 250. The molecule has 0 aliphatic carbocycles. The molecule has 1 nitrogen and oxygen atoms in total. The third kappa shape index (κ3) is 3.15. The Labute approximate surface area is 86.8 Å². The van der Waals surface area contributed by atoms with Gasteiger partial charge in [-0.1, -0.05) is 51.0 Å². The summed E-state index contributed by atoms with van der Waals surface area (Å²) in [4.78, 5) is 0. The molecule has 1 aromatic carbocycles. The molecule has 0 fully saturated rings. The minimum atomic E-state index is -0.282. The highest BCUT2D eigenvalue weighted by Crippen LogP contribution is 2.18. The van der Waals surface area contributed by atoms with Crippen molar-refractivity contribution in [2.24, 2.45) is 0 Å². The van der Waals surface area contributed by atoms with Crippen LogP contribution in [0.2, 0.25) is 0 Å². The molecule has 1 unspecified atom stereocenters. The average Bonchev–Trinajstić information content (AvgIpc) is 2.20. The van der Waals surface area contributed by atoms with E-state index < -0.39 is 0 Å². The maximum atomic E-state index is 9.74. The fourth-order valence-electron chi connectivity index (χ4n) is 1.64. The largest absolute Gasteiger partial charge is 0.388 e. The summed E-state index contributed by atoms with van der Waals surface area (Å²) in [7, 11) is 0. The summed E-state index contributed by atoms with van der Waals surface area (Å²) >= 11 is 0. The highest BCUT2D eigenvalue weighted by molar-refractivity contribution is 5.24. The first-order valence-corrected chi connectivity index (χ1v) is 5.54. The molecule has 0 saturated carbocycles. The molecular formula is C13H20O. The lowest BCUT2D eigenvalue weighted by Gasteiger charge is -2.09. The van der Waals surface area contributed by atoms with Crippen molar-refractivity contribution in [1.29, 1.82) is 0 Å². The van der Waals surface area contributed by atoms with Gasteiger partial charge in [-0.25, -0.2) is 0 Å². The molecule has 0 aliphatic rings. The summed E-state index contributed by atoms with van der Waals surface area (Å²) in [5.41, 5.74) is 2.41. The molecule has 0 bridgehead atoms. The van der Waals surface area contributed by atoms with E-state index in [1.165, 1.54) is 12.0 Å². The standard InChI is InChI=1S/C13H20O/c1-3-5-11-7-9-12(10-8-11)13(14)6-4-2/h7-10,13-14H,3-6H2,1-2H3. The maximum Gasteiger partial charge on any atom is 0.0790 e. The van der Waals surface area contributed by atoms with Crippen LogP contribution >= 0.6 is 0 Å². The van der Waals surface area contributed by atoms with E-state index in [1.807, 2.05) is 12.1 Å². The lowest BCUT2D eigenvalue weighted by molar-refractivity contribution is 0.166. The fraction of sp³-hybridized carbons (Fsp3) is 0.538. The first-order valence-electron chi connectivity index (χ1n) is 5.54. The van der Waals surface area contributed by atoms with E-state index in [0.717, 1.165) is 24.8 Å². The van der Waals surface area contributed by atoms with Crippen LogP contribution in [0.15, 0.2) is 24.3 Å². The minimum absolute atomic E-state index is 0.282. The summed E-state index contributed by atoms with van der Waals surface area (Å²) in [6.45, 7) is 4.27. The van der Waals surface area contributed by atoms with Gasteiger partial charge in [0.1, 0.15) is 0 Å². The van der Waals surface area contributed by atoms with E-state index >= 15 is 0 Å². The molecule has 1 N–H and O–H groups in total. The quantitative estimate of drug-likeness (QED) is 0.757. The second-order valence-electron chi connectivity index (χ2n) is 3.80. The van der Waals surface area contributed by atoms with Gasteiger partial charge in [-0.15, -0.1) is 0 Å². The van der Waals surface area contributed by atoms with Gasteiger partial charge in [-0.05, 0) is 24.0 Å². The van der Waals surface area contributed by atoms with Crippen LogP contribution in [0, 0.1) is 0 Å². The minimum Gasteiger partial charge on any atom is -0.388 e. The molecule has 0 amide bonds. The summed E-state index contributed by atoms with van der Waals surface area (Å²) in [6, 6.07) is 8.34. The molecule has 78 valence electrons. The second-order valence-corrected chi connectivity index (χ2v) is 3.80. The molecule has 1 rings (SSSR count). The van der Waals surface area contributed by atoms with Crippen molar-refractivity contribution in [3.05, 3.63) is 35.4 Å². The molecule has 0 spiro atoms. The van der Waals surface area contributed by atoms with Crippen LogP contribution in [-0.4, -0.2) is 5.11 Å². The Morgan fingerprint density at radius 3 is 2.21 bits per heavy atom. The molecule has 1 atom stereocenters. The van der Waals surface area contributed by atoms with Gasteiger partial charge in [0.15, 0.2) is 0 Å². The van der Waals surface area contributed by atoms with Crippen molar-refractivity contribution < 1.29 is 5.11 Å². The van der Waals surface area contributed by atoms with Gasteiger partial charge in [-0.2, -0.15) is 0 Å². The Hall–Kier alpha value is -0.820. The number of rotatable bonds is 5. The summed E-state index contributed by atoms with van der Waals surface area (Å²) < 4.78 is 0. The van der Waals surface area contributed by atoms with Crippen LogP contribution in [0.1, 0.15) is 50.3 Å². The summed E-state index contributed by atoms with van der Waals surface area (Å²) in [5.74, 6) is 0. The van der Waals surface area contributed by atoms with Crippen molar-refractivity contribution in [3.8, 4) is 0 Å². The van der Waals surface area contributed by atoms with Crippen molar-refractivity contribution in [2.45, 2.75) is 45.6 Å². The molecular weight excluding hydrogens is 172 g/mol. The Morgan fingerprint density at radius 2 is 1.71 bits per heavy atom. The fourth-order valence-corrected chi connectivity index (χ4v) is 1.64. The highest BCUT2D eigenvalue weighted by atomic mass is 16.3. The van der Waals surface area contributed by atoms with Crippen molar-refractivity contribution >= 4 is 0 Å². The second kappa shape index (κ2) is 5.82. The van der Waals surface area contributed by atoms with Gasteiger partial charge in [0.2, 0.25) is 0 Å². The lowest BCUT2D eigenvalue weighted by Crippen LogP contribution is -1.96. The molecule has 0 aliphatic heterocycles.